The van der Waals surface area contributed by atoms with Gasteiger partial charge in [0.05, 0.1) is 11.8 Å². The van der Waals surface area contributed by atoms with Crippen LogP contribution in [0.1, 0.15) is 11.5 Å². The second kappa shape index (κ2) is 7.00. The van der Waals surface area contributed by atoms with Crippen LogP contribution in [0.4, 0.5) is 0 Å². The average molecular weight is 358 g/mol. The summed E-state index contributed by atoms with van der Waals surface area (Å²) in [4.78, 5) is 5.16. The molecule has 3 rings (SSSR count). The molecule has 22 heavy (non-hydrogen) atoms. The third-order valence-electron chi connectivity index (χ3n) is 2.84. The van der Waals surface area contributed by atoms with Gasteiger partial charge in [0.15, 0.2) is 6.61 Å². The first-order valence-electron chi connectivity index (χ1n) is 6.60. The minimum absolute atomic E-state index is 0.126. The summed E-state index contributed by atoms with van der Waals surface area (Å²) in [7, 11) is 0. The van der Waals surface area contributed by atoms with E-state index in [9.17, 15) is 0 Å². The van der Waals surface area contributed by atoms with Crippen LogP contribution >= 0.6 is 15.9 Å². The smallest absolute Gasteiger partial charge is 0.257 e. The fourth-order valence-corrected chi connectivity index (χ4v) is 2.24. The van der Waals surface area contributed by atoms with Gasteiger partial charge < -0.3 is 9.25 Å². The number of benzene rings is 2. The Labute approximate surface area is 135 Å². The normalized spacial score (nSPS) is 11.0. The lowest BCUT2D eigenvalue weighted by Gasteiger charge is -1.97. The quantitative estimate of drug-likeness (QED) is 0.510. The second-order valence-corrected chi connectivity index (χ2v) is 5.25. The standard InChI is InChI=1S/C16H12BrN3O2/c17-14-9-5-4-8-13(14)16-20-19-15(22-16)11-21-18-10-12-6-2-1-3-7-12/h1-10H,11H2/b18-10-. The van der Waals surface area contributed by atoms with E-state index in [1.54, 1.807) is 6.21 Å². The van der Waals surface area contributed by atoms with E-state index in [0.29, 0.717) is 11.8 Å². The predicted octanol–water partition coefficient (Wildman–Crippen LogP) is 4.05. The summed E-state index contributed by atoms with van der Waals surface area (Å²) in [5.41, 5.74) is 1.80. The zero-order chi connectivity index (χ0) is 15.2. The first-order chi connectivity index (χ1) is 10.8. The number of oxime groups is 1. The van der Waals surface area contributed by atoms with Crippen LogP contribution < -0.4 is 0 Å². The van der Waals surface area contributed by atoms with E-state index in [1.165, 1.54) is 0 Å². The van der Waals surface area contributed by atoms with Crippen LogP contribution in [0, 0.1) is 0 Å². The SMILES string of the molecule is Brc1ccccc1-c1nnc(CO/N=C\c2ccccc2)o1. The number of hydrogen-bond donors (Lipinski definition) is 0. The number of aromatic nitrogens is 2. The van der Waals surface area contributed by atoms with Gasteiger partial charge in [-0.25, -0.2) is 0 Å². The van der Waals surface area contributed by atoms with Gasteiger partial charge >= 0.3 is 0 Å². The van der Waals surface area contributed by atoms with Crippen molar-refractivity contribution in [3.05, 3.63) is 70.5 Å². The van der Waals surface area contributed by atoms with E-state index in [-0.39, 0.29) is 6.61 Å². The number of halogens is 1. The third kappa shape index (κ3) is 3.59. The Bertz CT molecular complexity index is 772. The molecule has 0 radical (unpaired) electrons. The van der Waals surface area contributed by atoms with Crippen molar-refractivity contribution < 1.29 is 9.25 Å². The minimum atomic E-state index is 0.126. The van der Waals surface area contributed by atoms with Gasteiger partial charge in [-0.1, -0.05) is 47.6 Å². The number of rotatable bonds is 5. The molecule has 0 aliphatic heterocycles. The summed E-state index contributed by atoms with van der Waals surface area (Å²) in [5.74, 6) is 0.814. The van der Waals surface area contributed by atoms with Crippen LogP contribution in [0.15, 0.2) is 68.6 Å². The van der Waals surface area contributed by atoms with Crippen molar-refractivity contribution in [1.29, 1.82) is 0 Å². The van der Waals surface area contributed by atoms with Crippen molar-refractivity contribution in [3.8, 4) is 11.5 Å². The van der Waals surface area contributed by atoms with Crippen LogP contribution in [0.3, 0.4) is 0 Å². The molecule has 0 fully saturated rings. The van der Waals surface area contributed by atoms with Crippen LogP contribution in [0.2, 0.25) is 0 Å². The fraction of sp³-hybridized carbons (Fsp3) is 0.0625. The Balaban J connectivity index is 1.61. The summed E-state index contributed by atoms with van der Waals surface area (Å²) in [6.07, 6.45) is 1.63. The molecule has 1 heterocycles. The molecular formula is C16H12BrN3O2. The Morgan fingerprint density at radius 3 is 2.64 bits per heavy atom. The highest BCUT2D eigenvalue weighted by atomic mass is 79.9. The molecule has 0 unspecified atom stereocenters. The molecule has 0 saturated heterocycles. The first kappa shape index (κ1) is 14.5. The predicted molar refractivity (Wildman–Crippen MR) is 86.3 cm³/mol. The zero-order valence-electron chi connectivity index (χ0n) is 11.5. The van der Waals surface area contributed by atoms with Gasteiger partial charge in [-0.05, 0) is 33.6 Å². The molecule has 0 aliphatic carbocycles. The molecule has 0 saturated carbocycles. The number of nitrogens with zero attached hydrogens (tertiary/aromatic N) is 3. The molecule has 2 aromatic carbocycles. The summed E-state index contributed by atoms with van der Waals surface area (Å²) in [5, 5.41) is 11.8. The minimum Gasteiger partial charge on any atom is -0.417 e. The summed E-state index contributed by atoms with van der Waals surface area (Å²) in [6, 6.07) is 17.3. The van der Waals surface area contributed by atoms with E-state index in [2.05, 4.69) is 31.3 Å². The van der Waals surface area contributed by atoms with E-state index in [1.807, 2.05) is 54.6 Å². The molecule has 0 atom stereocenters. The molecule has 0 N–H and O–H groups in total. The van der Waals surface area contributed by atoms with Crippen molar-refractivity contribution in [2.75, 3.05) is 0 Å². The Morgan fingerprint density at radius 1 is 1.05 bits per heavy atom. The fourth-order valence-electron chi connectivity index (χ4n) is 1.79. The molecule has 0 aliphatic rings. The van der Waals surface area contributed by atoms with Gasteiger partial charge in [0.1, 0.15) is 0 Å². The highest BCUT2D eigenvalue weighted by molar-refractivity contribution is 9.10. The van der Waals surface area contributed by atoms with Gasteiger partial charge in [-0.3, -0.25) is 0 Å². The molecule has 6 heteroatoms. The van der Waals surface area contributed by atoms with Gasteiger partial charge in [0.2, 0.25) is 5.89 Å². The van der Waals surface area contributed by atoms with Gasteiger partial charge in [0.25, 0.3) is 5.89 Å². The van der Waals surface area contributed by atoms with Crippen molar-refractivity contribution in [2.45, 2.75) is 6.61 Å². The van der Waals surface area contributed by atoms with Crippen molar-refractivity contribution in [2.24, 2.45) is 5.16 Å². The lowest BCUT2D eigenvalue weighted by Crippen LogP contribution is -1.88. The number of hydrogen-bond acceptors (Lipinski definition) is 5. The summed E-state index contributed by atoms with van der Waals surface area (Å²) >= 11 is 3.45. The maximum atomic E-state index is 5.55. The largest absolute Gasteiger partial charge is 0.417 e. The van der Waals surface area contributed by atoms with Crippen molar-refractivity contribution >= 4 is 22.1 Å². The monoisotopic (exact) mass is 357 g/mol. The Kier molecular flexibility index (Phi) is 4.60. The molecular weight excluding hydrogens is 346 g/mol. The molecule has 5 nitrogen and oxygen atoms in total. The molecule has 0 bridgehead atoms. The molecule has 3 aromatic rings. The van der Waals surface area contributed by atoms with E-state index in [4.69, 9.17) is 9.25 Å². The highest BCUT2D eigenvalue weighted by Gasteiger charge is 2.11. The summed E-state index contributed by atoms with van der Waals surface area (Å²) in [6.45, 7) is 0.126. The lowest BCUT2D eigenvalue weighted by atomic mass is 10.2. The Morgan fingerprint density at radius 2 is 1.82 bits per heavy atom. The van der Waals surface area contributed by atoms with Crippen LogP contribution in [-0.2, 0) is 11.4 Å². The van der Waals surface area contributed by atoms with Gasteiger partial charge in [-0.2, -0.15) is 0 Å². The molecule has 1 aromatic heterocycles. The van der Waals surface area contributed by atoms with Crippen LogP contribution in [-0.4, -0.2) is 16.4 Å². The zero-order valence-corrected chi connectivity index (χ0v) is 13.1. The van der Waals surface area contributed by atoms with Gasteiger partial charge in [0, 0.05) is 4.47 Å². The molecule has 0 spiro atoms. The average Bonchev–Trinajstić information content (AvgIpc) is 3.02. The molecule has 0 amide bonds. The van der Waals surface area contributed by atoms with E-state index < -0.39 is 0 Å². The Hall–Kier alpha value is -2.47. The van der Waals surface area contributed by atoms with Crippen LogP contribution in [0.5, 0.6) is 0 Å². The highest BCUT2D eigenvalue weighted by Crippen LogP contribution is 2.26. The van der Waals surface area contributed by atoms with E-state index >= 15 is 0 Å². The summed E-state index contributed by atoms with van der Waals surface area (Å²) < 4.78 is 6.45. The lowest BCUT2D eigenvalue weighted by molar-refractivity contribution is 0.112. The van der Waals surface area contributed by atoms with Gasteiger partial charge in [-0.15, -0.1) is 10.2 Å². The maximum Gasteiger partial charge on any atom is 0.257 e. The van der Waals surface area contributed by atoms with E-state index in [0.717, 1.165) is 15.6 Å². The van der Waals surface area contributed by atoms with Crippen LogP contribution in [0.25, 0.3) is 11.5 Å². The third-order valence-corrected chi connectivity index (χ3v) is 3.53. The topological polar surface area (TPSA) is 60.5 Å². The molecule has 110 valence electrons. The van der Waals surface area contributed by atoms with Crippen molar-refractivity contribution in [1.82, 2.24) is 10.2 Å². The second-order valence-electron chi connectivity index (χ2n) is 4.40. The first-order valence-corrected chi connectivity index (χ1v) is 7.40. The maximum absolute atomic E-state index is 5.55. The van der Waals surface area contributed by atoms with Crippen molar-refractivity contribution in [3.63, 3.8) is 0 Å².